The van der Waals surface area contributed by atoms with Crippen LogP contribution in [0.2, 0.25) is 0 Å². The second kappa shape index (κ2) is 9.60. The van der Waals surface area contributed by atoms with Crippen molar-refractivity contribution in [2.75, 3.05) is 13.7 Å². The van der Waals surface area contributed by atoms with Gasteiger partial charge in [-0.1, -0.05) is 44.1 Å². The Morgan fingerprint density at radius 2 is 1.97 bits per heavy atom. The van der Waals surface area contributed by atoms with E-state index in [-0.39, 0.29) is 11.5 Å². The highest BCUT2D eigenvalue weighted by Crippen LogP contribution is 2.32. The van der Waals surface area contributed by atoms with Gasteiger partial charge < -0.3 is 9.47 Å². The summed E-state index contributed by atoms with van der Waals surface area (Å²) in [5.74, 6) is 2.22. The SMILES string of the molecule is C=CCOc1ccc(C=Nn2c(C3CCCCC3)nc3ccccc3c2=O)cc1OC. The molecule has 0 unspecified atom stereocenters. The number of fused-ring (bicyclic) bond motifs is 1. The fourth-order valence-electron chi connectivity index (χ4n) is 4.03. The number of benzene rings is 2. The third kappa shape index (κ3) is 4.53. The van der Waals surface area contributed by atoms with Gasteiger partial charge in [-0.05, 0) is 48.7 Å². The minimum atomic E-state index is -0.139. The fourth-order valence-corrected chi connectivity index (χ4v) is 4.03. The van der Waals surface area contributed by atoms with Crippen molar-refractivity contribution in [2.24, 2.45) is 5.10 Å². The van der Waals surface area contributed by atoms with Gasteiger partial charge in [0.25, 0.3) is 5.56 Å². The fraction of sp³-hybridized carbons (Fsp3) is 0.320. The van der Waals surface area contributed by atoms with Crippen LogP contribution in [-0.4, -0.2) is 29.6 Å². The lowest BCUT2D eigenvalue weighted by Crippen LogP contribution is -2.25. The van der Waals surface area contributed by atoms with Crippen molar-refractivity contribution in [3.05, 3.63) is 76.9 Å². The number of methoxy groups -OCH3 is 1. The molecule has 0 N–H and O–H groups in total. The van der Waals surface area contributed by atoms with Crippen LogP contribution in [0.5, 0.6) is 11.5 Å². The molecule has 0 spiro atoms. The number of aromatic nitrogens is 2. The number of hydrogen-bond acceptors (Lipinski definition) is 5. The molecular weight excluding hydrogens is 390 g/mol. The first-order chi connectivity index (χ1) is 15.2. The van der Waals surface area contributed by atoms with Gasteiger partial charge in [0, 0.05) is 5.92 Å². The highest BCUT2D eigenvalue weighted by Gasteiger charge is 2.22. The van der Waals surface area contributed by atoms with Gasteiger partial charge in [-0.25, -0.2) is 4.98 Å². The van der Waals surface area contributed by atoms with Crippen molar-refractivity contribution in [3.63, 3.8) is 0 Å². The largest absolute Gasteiger partial charge is 0.493 e. The molecule has 6 nitrogen and oxygen atoms in total. The second-order valence-electron chi connectivity index (χ2n) is 7.69. The summed E-state index contributed by atoms with van der Waals surface area (Å²) >= 11 is 0. The molecule has 0 radical (unpaired) electrons. The van der Waals surface area contributed by atoms with E-state index in [1.54, 1.807) is 25.5 Å². The highest BCUT2D eigenvalue weighted by molar-refractivity contribution is 5.81. The molecule has 0 aliphatic heterocycles. The molecule has 4 rings (SSSR count). The molecule has 1 aliphatic rings. The van der Waals surface area contributed by atoms with Crippen molar-refractivity contribution < 1.29 is 9.47 Å². The zero-order chi connectivity index (χ0) is 21.6. The molecule has 0 atom stereocenters. The van der Waals surface area contributed by atoms with E-state index in [0.29, 0.717) is 23.5 Å². The van der Waals surface area contributed by atoms with Crippen LogP contribution in [0.25, 0.3) is 10.9 Å². The predicted octanol–water partition coefficient (Wildman–Crippen LogP) is 4.90. The van der Waals surface area contributed by atoms with Crippen LogP contribution in [0, 0.1) is 0 Å². The molecule has 0 amide bonds. The first-order valence-electron chi connectivity index (χ1n) is 10.7. The third-order valence-corrected chi connectivity index (χ3v) is 5.62. The van der Waals surface area contributed by atoms with Gasteiger partial charge in [-0.15, -0.1) is 0 Å². The van der Waals surface area contributed by atoms with E-state index < -0.39 is 0 Å². The zero-order valence-electron chi connectivity index (χ0n) is 17.8. The van der Waals surface area contributed by atoms with E-state index in [1.807, 2.05) is 36.4 Å². The first-order valence-corrected chi connectivity index (χ1v) is 10.7. The molecule has 1 aliphatic carbocycles. The lowest BCUT2D eigenvalue weighted by Gasteiger charge is -2.22. The van der Waals surface area contributed by atoms with Crippen LogP contribution in [0.4, 0.5) is 0 Å². The topological polar surface area (TPSA) is 65.7 Å². The van der Waals surface area contributed by atoms with Crippen molar-refractivity contribution in [1.29, 1.82) is 0 Å². The van der Waals surface area contributed by atoms with Crippen LogP contribution >= 0.6 is 0 Å². The van der Waals surface area contributed by atoms with E-state index in [2.05, 4.69) is 11.7 Å². The maximum absolute atomic E-state index is 13.3. The van der Waals surface area contributed by atoms with Gasteiger partial charge in [-0.3, -0.25) is 4.79 Å². The minimum absolute atomic E-state index is 0.139. The third-order valence-electron chi connectivity index (χ3n) is 5.62. The molecule has 31 heavy (non-hydrogen) atoms. The average molecular weight is 418 g/mol. The maximum atomic E-state index is 13.3. The van der Waals surface area contributed by atoms with Gasteiger partial charge in [-0.2, -0.15) is 9.78 Å². The van der Waals surface area contributed by atoms with Crippen molar-refractivity contribution in [1.82, 2.24) is 9.66 Å². The lowest BCUT2D eigenvalue weighted by molar-refractivity contribution is 0.326. The van der Waals surface area contributed by atoms with E-state index in [0.717, 1.165) is 42.6 Å². The first kappa shape index (κ1) is 20.8. The summed E-state index contributed by atoms with van der Waals surface area (Å²) in [5.41, 5.74) is 1.39. The van der Waals surface area contributed by atoms with Crippen molar-refractivity contribution in [2.45, 2.75) is 38.0 Å². The van der Waals surface area contributed by atoms with E-state index in [1.165, 1.54) is 11.1 Å². The lowest BCUT2D eigenvalue weighted by atomic mass is 9.88. The second-order valence-corrected chi connectivity index (χ2v) is 7.69. The molecule has 160 valence electrons. The monoisotopic (exact) mass is 417 g/mol. The molecule has 3 aromatic rings. The molecule has 1 heterocycles. The molecule has 6 heteroatoms. The van der Waals surface area contributed by atoms with Crippen molar-refractivity contribution in [3.8, 4) is 11.5 Å². The highest BCUT2D eigenvalue weighted by atomic mass is 16.5. The Morgan fingerprint density at radius 1 is 1.16 bits per heavy atom. The standard InChI is InChI=1S/C25H27N3O3/c1-3-15-31-22-14-13-18(16-23(22)30-2)17-26-28-24(19-9-5-4-6-10-19)27-21-12-8-7-11-20(21)25(28)29/h3,7-8,11-14,16-17,19H,1,4-6,9-10,15H2,2H3. The Balaban J connectivity index is 1.74. The van der Waals surface area contributed by atoms with E-state index in [9.17, 15) is 4.79 Å². The van der Waals surface area contributed by atoms with Crippen LogP contribution in [0.15, 0.2) is 65.0 Å². The normalized spacial score (nSPS) is 14.7. The number of para-hydroxylation sites is 1. The zero-order valence-corrected chi connectivity index (χ0v) is 17.8. The molecule has 1 fully saturated rings. The van der Waals surface area contributed by atoms with Crippen LogP contribution in [0.1, 0.15) is 49.4 Å². The molecule has 0 bridgehead atoms. The predicted molar refractivity (Wildman–Crippen MR) is 124 cm³/mol. The molecule has 2 aromatic carbocycles. The number of nitrogens with zero attached hydrogens (tertiary/aromatic N) is 3. The molecule has 1 saturated carbocycles. The Kier molecular flexibility index (Phi) is 6.46. The Labute approximate surface area is 181 Å². The summed E-state index contributed by atoms with van der Waals surface area (Å²) in [7, 11) is 1.59. The van der Waals surface area contributed by atoms with Gasteiger partial charge in [0.05, 0.1) is 24.2 Å². The summed E-state index contributed by atoms with van der Waals surface area (Å²) in [6, 6.07) is 13.0. The van der Waals surface area contributed by atoms with E-state index >= 15 is 0 Å². The number of hydrogen-bond donors (Lipinski definition) is 0. The smallest absolute Gasteiger partial charge is 0.282 e. The van der Waals surface area contributed by atoms with Gasteiger partial charge >= 0.3 is 0 Å². The summed E-state index contributed by atoms with van der Waals surface area (Å²) in [4.78, 5) is 18.1. The minimum Gasteiger partial charge on any atom is -0.493 e. The van der Waals surface area contributed by atoms with Gasteiger partial charge in [0.1, 0.15) is 12.4 Å². The van der Waals surface area contributed by atoms with Crippen LogP contribution in [-0.2, 0) is 0 Å². The Morgan fingerprint density at radius 3 is 2.74 bits per heavy atom. The number of ether oxygens (including phenoxy) is 2. The van der Waals surface area contributed by atoms with Crippen molar-refractivity contribution >= 4 is 17.1 Å². The molecule has 1 aromatic heterocycles. The summed E-state index contributed by atoms with van der Waals surface area (Å²) in [6.45, 7) is 4.06. The summed E-state index contributed by atoms with van der Waals surface area (Å²) in [6.07, 6.45) is 8.95. The average Bonchev–Trinajstić information content (AvgIpc) is 2.82. The maximum Gasteiger partial charge on any atom is 0.282 e. The van der Waals surface area contributed by atoms with Crippen LogP contribution in [0.3, 0.4) is 0 Å². The Hall–Kier alpha value is -3.41. The van der Waals surface area contributed by atoms with Crippen LogP contribution < -0.4 is 15.0 Å². The summed E-state index contributed by atoms with van der Waals surface area (Å²) < 4.78 is 12.5. The quantitative estimate of drug-likeness (QED) is 0.405. The van der Waals surface area contributed by atoms with Gasteiger partial charge in [0.15, 0.2) is 11.5 Å². The van der Waals surface area contributed by atoms with E-state index in [4.69, 9.17) is 14.5 Å². The Bertz CT molecular complexity index is 1160. The number of rotatable bonds is 7. The summed E-state index contributed by atoms with van der Waals surface area (Å²) in [5, 5.41) is 5.15. The molecular formula is C25H27N3O3. The molecule has 0 saturated heterocycles. The van der Waals surface area contributed by atoms with Gasteiger partial charge in [0.2, 0.25) is 0 Å².